The van der Waals surface area contributed by atoms with Gasteiger partial charge in [0.2, 0.25) is 0 Å². The standard InChI is InChI=1S/C31H38O8.C2H4O/c1-17-21(33)16-31(36)26(39-27(35)19-10-8-7-9-11-19)24-29(5,14-12-20-13-15-30(20,24)37-6)25(34)23(38-18(2)32)22(17)28(31,3)4;1-2-3/h7-12,14,20-21,23-24,26,33,36H,13,15-16H2,1-6H3;2H,1H3/t20-,21-,23+,24?,26-,29?,30-,31+;/m0./s1. The number of carbonyl (C=O) groups is 4. The lowest BCUT2D eigenvalue weighted by molar-refractivity contribution is -0.260. The highest BCUT2D eigenvalue weighted by Gasteiger charge is 2.73. The molecule has 0 amide bonds. The number of aldehydes is 1. The minimum Gasteiger partial charge on any atom is -0.455 e. The van der Waals surface area contributed by atoms with Gasteiger partial charge in [-0.1, -0.05) is 44.2 Å². The lowest BCUT2D eigenvalue weighted by Crippen LogP contribution is -2.75. The van der Waals surface area contributed by atoms with Crippen LogP contribution in [0.1, 0.15) is 71.2 Å². The summed E-state index contributed by atoms with van der Waals surface area (Å²) in [5.41, 5.74) is -4.21. The Hall–Kier alpha value is -3.14. The number of ketones is 1. The molecule has 2 fully saturated rings. The zero-order valence-electron chi connectivity index (χ0n) is 25.4. The SMILES string of the molecule is CC=O.CO[C@@]12CC[C@@H]1C=CC1(C)C(=O)[C@H](OC(C)=O)C3=C(C)[C@@H](O)C[C@@](O)([C@@H](OC(=O)c4ccccc4)C12)C3(C)C. The predicted molar refractivity (Wildman–Crippen MR) is 153 cm³/mol. The molecule has 2 unspecified atom stereocenters. The molecule has 0 spiro atoms. The van der Waals surface area contributed by atoms with Crippen LogP contribution in [-0.2, 0) is 28.6 Å². The topological polar surface area (TPSA) is 136 Å². The first kappa shape index (κ1) is 31.8. The molecule has 1 aromatic rings. The molecule has 2 N–H and O–H groups in total. The number of Topliss-reactive ketones (excluding diaryl/α,β-unsaturated/α-hetero) is 1. The lowest BCUT2D eigenvalue weighted by Gasteiger charge is -2.66. The number of aliphatic hydroxyl groups is 2. The molecule has 1 aromatic carbocycles. The van der Waals surface area contributed by atoms with Gasteiger partial charge in [-0.15, -0.1) is 0 Å². The van der Waals surface area contributed by atoms with Crippen LogP contribution in [0.4, 0.5) is 0 Å². The van der Waals surface area contributed by atoms with Crippen LogP contribution in [0.5, 0.6) is 0 Å². The van der Waals surface area contributed by atoms with Gasteiger partial charge in [-0.05, 0) is 56.9 Å². The summed E-state index contributed by atoms with van der Waals surface area (Å²) < 4.78 is 18.2. The van der Waals surface area contributed by atoms with Gasteiger partial charge in [0.05, 0.1) is 22.7 Å². The quantitative estimate of drug-likeness (QED) is 0.309. The van der Waals surface area contributed by atoms with Crippen LogP contribution in [0, 0.1) is 22.7 Å². The van der Waals surface area contributed by atoms with E-state index < -0.39 is 64.0 Å². The number of benzene rings is 1. The van der Waals surface area contributed by atoms with Crippen LogP contribution in [-0.4, -0.2) is 70.8 Å². The number of esters is 2. The maximum atomic E-state index is 14.6. The molecule has 8 atom stereocenters. The third kappa shape index (κ3) is 4.57. The summed E-state index contributed by atoms with van der Waals surface area (Å²) in [7, 11) is 1.58. The van der Waals surface area contributed by atoms with Crippen LogP contribution in [0.25, 0.3) is 0 Å². The number of methoxy groups -OCH3 is 1. The lowest BCUT2D eigenvalue weighted by atomic mass is 9.43. The van der Waals surface area contributed by atoms with Crippen molar-refractivity contribution in [2.45, 2.75) is 90.3 Å². The van der Waals surface area contributed by atoms with Gasteiger partial charge in [0.1, 0.15) is 18.0 Å². The fraction of sp³-hybridized carbons (Fsp3) is 0.576. The molecule has 0 heterocycles. The molecule has 0 aromatic heterocycles. The summed E-state index contributed by atoms with van der Waals surface area (Å²) in [4.78, 5) is 49.4. The van der Waals surface area contributed by atoms with E-state index in [2.05, 4.69) is 0 Å². The Bertz CT molecular complexity index is 1310. The molecule has 0 radical (unpaired) electrons. The van der Waals surface area contributed by atoms with Gasteiger partial charge in [0, 0.05) is 37.7 Å². The summed E-state index contributed by atoms with van der Waals surface area (Å²) in [6.07, 6.45) is 2.06. The van der Waals surface area contributed by atoms with Crippen molar-refractivity contribution in [1.29, 1.82) is 0 Å². The second-order valence-electron chi connectivity index (χ2n) is 12.6. The van der Waals surface area contributed by atoms with Gasteiger partial charge in [-0.3, -0.25) is 9.59 Å². The van der Waals surface area contributed by atoms with Crippen LogP contribution in [0.3, 0.4) is 0 Å². The highest BCUT2D eigenvalue weighted by Crippen LogP contribution is 2.65. The Balaban J connectivity index is 0.00000129. The van der Waals surface area contributed by atoms with Crippen molar-refractivity contribution < 1.29 is 43.6 Å². The van der Waals surface area contributed by atoms with Crippen molar-refractivity contribution in [2.24, 2.45) is 22.7 Å². The van der Waals surface area contributed by atoms with E-state index in [4.69, 9.17) is 19.0 Å². The molecule has 4 aliphatic carbocycles. The highest BCUT2D eigenvalue weighted by atomic mass is 16.6. The molecule has 0 saturated heterocycles. The molecule has 4 aliphatic rings. The van der Waals surface area contributed by atoms with Crippen molar-refractivity contribution >= 4 is 24.0 Å². The van der Waals surface area contributed by atoms with E-state index in [1.807, 2.05) is 12.2 Å². The highest BCUT2D eigenvalue weighted by molar-refractivity contribution is 5.96. The molecule has 2 bridgehead atoms. The zero-order valence-corrected chi connectivity index (χ0v) is 25.4. The Morgan fingerprint density at radius 3 is 2.24 bits per heavy atom. The number of fused-ring (bicyclic) bond motifs is 5. The Labute approximate surface area is 246 Å². The number of allylic oxidation sites excluding steroid dienone is 1. The minimum atomic E-state index is -1.84. The number of rotatable bonds is 4. The summed E-state index contributed by atoms with van der Waals surface area (Å²) in [5, 5.41) is 24.1. The normalized spacial score (nSPS) is 37.8. The third-order valence-electron chi connectivity index (χ3n) is 10.2. The van der Waals surface area contributed by atoms with Crippen molar-refractivity contribution in [3.8, 4) is 0 Å². The van der Waals surface area contributed by atoms with E-state index >= 15 is 0 Å². The Morgan fingerprint density at radius 1 is 1.10 bits per heavy atom. The van der Waals surface area contributed by atoms with Crippen LogP contribution in [0.2, 0.25) is 0 Å². The molecule has 9 heteroatoms. The molecule has 42 heavy (non-hydrogen) atoms. The summed E-state index contributed by atoms with van der Waals surface area (Å²) in [6, 6.07) is 8.50. The molecule has 228 valence electrons. The molecule has 0 aliphatic heterocycles. The van der Waals surface area contributed by atoms with Gasteiger partial charge >= 0.3 is 11.9 Å². The summed E-state index contributed by atoms with van der Waals surface area (Å²) in [5.74, 6) is -2.58. The van der Waals surface area contributed by atoms with E-state index in [1.165, 1.54) is 13.8 Å². The average molecular weight is 583 g/mol. The van der Waals surface area contributed by atoms with Crippen molar-refractivity contribution in [1.82, 2.24) is 0 Å². The second kappa shape index (κ2) is 11.2. The molecular weight excluding hydrogens is 540 g/mol. The van der Waals surface area contributed by atoms with E-state index in [9.17, 15) is 24.6 Å². The fourth-order valence-corrected chi connectivity index (χ4v) is 7.86. The predicted octanol–water partition coefficient (Wildman–Crippen LogP) is 3.76. The maximum Gasteiger partial charge on any atom is 0.338 e. The first-order valence-electron chi connectivity index (χ1n) is 14.4. The van der Waals surface area contributed by atoms with Crippen molar-refractivity contribution in [3.05, 3.63) is 59.2 Å². The Morgan fingerprint density at radius 2 is 1.71 bits per heavy atom. The number of hydrogen-bond donors (Lipinski definition) is 2. The first-order valence-corrected chi connectivity index (χ1v) is 14.4. The zero-order chi connectivity index (χ0) is 31.3. The third-order valence-corrected chi connectivity index (χ3v) is 10.2. The number of carbonyl (C=O) groups excluding carboxylic acids is 4. The van der Waals surface area contributed by atoms with E-state index in [0.717, 1.165) is 12.7 Å². The van der Waals surface area contributed by atoms with Crippen LogP contribution in [0.15, 0.2) is 53.6 Å². The van der Waals surface area contributed by atoms with Gasteiger partial charge in [-0.25, -0.2) is 4.79 Å². The summed E-state index contributed by atoms with van der Waals surface area (Å²) in [6.45, 7) is 9.62. The number of aliphatic hydroxyl groups excluding tert-OH is 1. The fourth-order valence-electron chi connectivity index (χ4n) is 7.86. The minimum absolute atomic E-state index is 0.0603. The Kier molecular flexibility index (Phi) is 8.45. The molecule has 5 rings (SSSR count). The number of ether oxygens (including phenoxy) is 3. The largest absolute Gasteiger partial charge is 0.455 e. The summed E-state index contributed by atoms with van der Waals surface area (Å²) >= 11 is 0. The monoisotopic (exact) mass is 582 g/mol. The second-order valence-corrected chi connectivity index (χ2v) is 12.6. The van der Waals surface area contributed by atoms with Gasteiger partial charge in [-0.2, -0.15) is 0 Å². The smallest absolute Gasteiger partial charge is 0.338 e. The van der Waals surface area contributed by atoms with Crippen molar-refractivity contribution in [3.63, 3.8) is 0 Å². The maximum absolute atomic E-state index is 14.6. The van der Waals surface area contributed by atoms with Crippen LogP contribution < -0.4 is 0 Å². The van der Waals surface area contributed by atoms with Gasteiger partial charge in [0.15, 0.2) is 11.9 Å². The molecule has 9 nitrogen and oxygen atoms in total. The van der Waals surface area contributed by atoms with E-state index in [1.54, 1.807) is 65.1 Å². The molecule has 2 saturated carbocycles. The average Bonchev–Trinajstić information content (AvgIpc) is 2.92. The number of hydrogen-bond acceptors (Lipinski definition) is 9. The van der Waals surface area contributed by atoms with Crippen LogP contribution >= 0.6 is 0 Å². The van der Waals surface area contributed by atoms with E-state index in [-0.39, 0.29) is 12.3 Å². The van der Waals surface area contributed by atoms with Crippen molar-refractivity contribution in [2.75, 3.05) is 7.11 Å². The van der Waals surface area contributed by atoms with E-state index in [0.29, 0.717) is 23.1 Å². The van der Waals surface area contributed by atoms with Gasteiger partial charge in [0.25, 0.3) is 0 Å². The first-order chi connectivity index (χ1) is 19.7. The molecular formula is C33H42O9. The van der Waals surface area contributed by atoms with Gasteiger partial charge < -0.3 is 29.2 Å².